The molecule has 2 aliphatic heterocycles. The van der Waals surface area contributed by atoms with Gasteiger partial charge >= 0.3 is 0 Å². The van der Waals surface area contributed by atoms with E-state index in [1.807, 2.05) is 17.0 Å². The molecule has 0 bridgehead atoms. The van der Waals surface area contributed by atoms with Crippen molar-refractivity contribution in [2.24, 2.45) is 5.73 Å². The highest BCUT2D eigenvalue weighted by Gasteiger charge is 2.39. The largest absolute Gasteiger partial charge is 0.381 e. The van der Waals surface area contributed by atoms with E-state index in [1.165, 1.54) is 0 Å². The van der Waals surface area contributed by atoms with Gasteiger partial charge in [0.05, 0.1) is 5.54 Å². The first-order chi connectivity index (χ1) is 10.6. The Labute approximate surface area is 138 Å². The number of nitrogens with two attached hydrogens (primary N) is 1. The number of hydrogen-bond acceptors (Lipinski definition) is 5. The molecule has 3 heterocycles. The summed E-state index contributed by atoms with van der Waals surface area (Å²) in [6.07, 6.45) is 3.02. The second kappa shape index (κ2) is 6.52. The van der Waals surface area contributed by atoms with Crippen molar-refractivity contribution >= 4 is 27.7 Å². The summed E-state index contributed by atoms with van der Waals surface area (Å²) in [5.41, 5.74) is 5.55. The highest BCUT2D eigenvalue weighted by molar-refractivity contribution is 9.10. The molecule has 2 fully saturated rings. The van der Waals surface area contributed by atoms with E-state index in [4.69, 9.17) is 10.5 Å². The maximum absolute atomic E-state index is 12.7. The molecule has 1 amide bonds. The van der Waals surface area contributed by atoms with Gasteiger partial charge in [0.2, 0.25) is 5.91 Å². The number of hydrogen-bond donors (Lipinski definition) is 1. The van der Waals surface area contributed by atoms with E-state index in [0.29, 0.717) is 39.1 Å². The van der Waals surface area contributed by atoms with E-state index in [-0.39, 0.29) is 5.91 Å². The smallest absolute Gasteiger partial charge is 0.242 e. The van der Waals surface area contributed by atoms with Crippen LogP contribution in [0.4, 0.5) is 5.82 Å². The quantitative estimate of drug-likeness (QED) is 0.842. The first-order valence-corrected chi connectivity index (χ1v) is 8.40. The van der Waals surface area contributed by atoms with Gasteiger partial charge in [-0.1, -0.05) is 0 Å². The lowest BCUT2D eigenvalue weighted by atomic mass is 9.89. The number of nitrogens with zero attached hydrogens (tertiary/aromatic N) is 3. The summed E-state index contributed by atoms with van der Waals surface area (Å²) < 4.78 is 6.28. The number of carbonyl (C=O) groups is 1. The number of pyridine rings is 1. The standard InChI is InChI=1S/C15H21BrN4O2/c16-12-1-2-13(18-11-12)19-5-7-20(8-6-19)14(21)15(17)3-9-22-10-4-15/h1-2,11H,3-10,17H2. The Bertz CT molecular complexity index is 523. The van der Waals surface area contributed by atoms with Gasteiger partial charge in [-0.05, 0) is 40.9 Å². The Kier molecular flexibility index (Phi) is 4.65. The molecule has 2 N–H and O–H groups in total. The summed E-state index contributed by atoms with van der Waals surface area (Å²) in [6, 6.07) is 3.97. The van der Waals surface area contributed by atoms with Gasteiger partial charge in [-0.3, -0.25) is 4.79 Å². The van der Waals surface area contributed by atoms with Crippen LogP contribution in [0.5, 0.6) is 0 Å². The summed E-state index contributed by atoms with van der Waals surface area (Å²) >= 11 is 3.39. The van der Waals surface area contributed by atoms with Crippen LogP contribution in [0.3, 0.4) is 0 Å². The van der Waals surface area contributed by atoms with Gasteiger partial charge in [-0.15, -0.1) is 0 Å². The summed E-state index contributed by atoms with van der Waals surface area (Å²) in [5.74, 6) is 1.02. The van der Waals surface area contributed by atoms with Crippen LogP contribution in [0.25, 0.3) is 0 Å². The molecule has 0 radical (unpaired) electrons. The lowest BCUT2D eigenvalue weighted by Gasteiger charge is -2.41. The van der Waals surface area contributed by atoms with Crippen molar-refractivity contribution in [1.29, 1.82) is 0 Å². The van der Waals surface area contributed by atoms with Gasteiger partial charge in [0.1, 0.15) is 5.82 Å². The van der Waals surface area contributed by atoms with Crippen molar-refractivity contribution in [2.45, 2.75) is 18.4 Å². The molecule has 0 saturated carbocycles. The Morgan fingerprint density at radius 2 is 1.91 bits per heavy atom. The number of carbonyl (C=O) groups excluding carboxylic acids is 1. The second-order valence-electron chi connectivity index (χ2n) is 5.88. The molecule has 2 saturated heterocycles. The van der Waals surface area contributed by atoms with Crippen LogP contribution < -0.4 is 10.6 Å². The Morgan fingerprint density at radius 3 is 2.50 bits per heavy atom. The number of amides is 1. The SMILES string of the molecule is NC1(C(=O)N2CCN(c3ccc(Br)cn3)CC2)CCOCC1. The first kappa shape index (κ1) is 15.7. The third-order valence-electron chi connectivity index (χ3n) is 4.41. The maximum Gasteiger partial charge on any atom is 0.242 e. The maximum atomic E-state index is 12.7. The van der Waals surface area contributed by atoms with Crippen molar-refractivity contribution in [3.8, 4) is 0 Å². The number of anilines is 1. The molecule has 0 atom stereocenters. The zero-order valence-electron chi connectivity index (χ0n) is 12.5. The van der Waals surface area contributed by atoms with Gasteiger partial charge in [0.25, 0.3) is 0 Å². The lowest BCUT2D eigenvalue weighted by molar-refractivity contribution is -0.140. The summed E-state index contributed by atoms with van der Waals surface area (Å²) in [7, 11) is 0. The van der Waals surface area contributed by atoms with Gasteiger partial charge in [-0.2, -0.15) is 0 Å². The Morgan fingerprint density at radius 1 is 1.23 bits per heavy atom. The predicted molar refractivity (Wildman–Crippen MR) is 87.7 cm³/mol. The monoisotopic (exact) mass is 368 g/mol. The molecule has 1 aromatic heterocycles. The molecule has 0 unspecified atom stereocenters. The minimum atomic E-state index is -0.740. The Balaban J connectivity index is 1.59. The van der Waals surface area contributed by atoms with Crippen LogP contribution in [0.2, 0.25) is 0 Å². The minimum Gasteiger partial charge on any atom is -0.381 e. The zero-order valence-corrected chi connectivity index (χ0v) is 14.1. The van der Waals surface area contributed by atoms with Crippen LogP contribution in [0, 0.1) is 0 Å². The first-order valence-electron chi connectivity index (χ1n) is 7.61. The molecule has 0 aliphatic carbocycles. The summed E-state index contributed by atoms with van der Waals surface area (Å²) in [5, 5.41) is 0. The van der Waals surface area contributed by atoms with E-state index in [9.17, 15) is 4.79 Å². The number of piperazine rings is 1. The van der Waals surface area contributed by atoms with Crippen LogP contribution in [-0.4, -0.2) is 60.7 Å². The van der Waals surface area contributed by atoms with Crippen LogP contribution >= 0.6 is 15.9 Å². The number of ether oxygens (including phenoxy) is 1. The van der Waals surface area contributed by atoms with Gasteiger partial charge in [0.15, 0.2) is 0 Å². The normalized spacial score (nSPS) is 21.7. The zero-order chi connectivity index (χ0) is 15.6. The van der Waals surface area contributed by atoms with Crippen molar-refractivity contribution in [1.82, 2.24) is 9.88 Å². The third-order valence-corrected chi connectivity index (χ3v) is 4.88. The minimum absolute atomic E-state index is 0.0687. The van der Waals surface area contributed by atoms with Gasteiger partial charge in [0, 0.05) is 50.1 Å². The molecule has 3 rings (SSSR count). The van der Waals surface area contributed by atoms with Crippen molar-refractivity contribution in [3.05, 3.63) is 22.8 Å². The average molecular weight is 369 g/mol. The molecule has 120 valence electrons. The molecule has 1 aromatic rings. The third kappa shape index (κ3) is 3.26. The molecular weight excluding hydrogens is 348 g/mol. The van der Waals surface area contributed by atoms with E-state index < -0.39 is 5.54 Å². The Hall–Kier alpha value is -1.18. The second-order valence-corrected chi connectivity index (χ2v) is 6.80. The van der Waals surface area contributed by atoms with Crippen molar-refractivity contribution in [3.63, 3.8) is 0 Å². The van der Waals surface area contributed by atoms with E-state index in [2.05, 4.69) is 25.8 Å². The highest BCUT2D eigenvalue weighted by Crippen LogP contribution is 2.22. The van der Waals surface area contributed by atoms with E-state index >= 15 is 0 Å². The van der Waals surface area contributed by atoms with Gasteiger partial charge in [-0.25, -0.2) is 4.98 Å². The fourth-order valence-corrected chi connectivity index (χ4v) is 3.19. The highest BCUT2D eigenvalue weighted by atomic mass is 79.9. The summed E-state index contributed by atoms with van der Waals surface area (Å²) in [6.45, 7) is 4.10. The predicted octanol–water partition coefficient (Wildman–Crippen LogP) is 1.00. The topological polar surface area (TPSA) is 71.7 Å². The average Bonchev–Trinajstić information content (AvgIpc) is 2.56. The molecule has 0 spiro atoms. The molecule has 2 aliphatic rings. The van der Waals surface area contributed by atoms with Crippen molar-refractivity contribution in [2.75, 3.05) is 44.3 Å². The van der Waals surface area contributed by atoms with E-state index in [0.717, 1.165) is 23.4 Å². The molecule has 7 heteroatoms. The lowest BCUT2D eigenvalue weighted by Crippen LogP contribution is -2.61. The molecule has 0 aromatic carbocycles. The van der Waals surface area contributed by atoms with Crippen LogP contribution in [0.1, 0.15) is 12.8 Å². The van der Waals surface area contributed by atoms with E-state index in [1.54, 1.807) is 6.20 Å². The van der Waals surface area contributed by atoms with Gasteiger partial charge < -0.3 is 20.3 Å². The fourth-order valence-electron chi connectivity index (χ4n) is 2.96. The fraction of sp³-hybridized carbons (Fsp3) is 0.600. The van der Waals surface area contributed by atoms with Crippen LogP contribution in [-0.2, 0) is 9.53 Å². The number of rotatable bonds is 2. The van der Waals surface area contributed by atoms with Crippen LogP contribution in [0.15, 0.2) is 22.8 Å². The molecule has 6 nitrogen and oxygen atoms in total. The number of halogens is 1. The molecular formula is C15H21BrN4O2. The van der Waals surface area contributed by atoms with Crippen molar-refractivity contribution < 1.29 is 9.53 Å². The number of aromatic nitrogens is 1. The summed E-state index contributed by atoms with van der Waals surface area (Å²) in [4.78, 5) is 21.2. The molecule has 22 heavy (non-hydrogen) atoms.